The maximum atomic E-state index is 12.6. The lowest BCUT2D eigenvalue weighted by Gasteiger charge is -2.37. The molecule has 1 atom stereocenters. The lowest BCUT2D eigenvalue weighted by atomic mass is 10.2. The van der Waals surface area contributed by atoms with Gasteiger partial charge in [0.15, 0.2) is 11.5 Å². The van der Waals surface area contributed by atoms with Gasteiger partial charge in [0.2, 0.25) is 0 Å². The Bertz CT molecular complexity index is 1040. The van der Waals surface area contributed by atoms with Gasteiger partial charge in [0.05, 0.1) is 23.1 Å². The van der Waals surface area contributed by atoms with E-state index in [0.717, 1.165) is 32.5 Å². The second-order valence-electron chi connectivity index (χ2n) is 7.91. The molecule has 4 rings (SSSR count). The van der Waals surface area contributed by atoms with Crippen LogP contribution in [0.25, 0.3) is 0 Å². The molecule has 8 nitrogen and oxygen atoms in total. The third kappa shape index (κ3) is 4.27. The van der Waals surface area contributed by atoms with Crippen LogP contribution in [0.4, 0.5) is 0 Å². The molecule has 2 aliphatic rings. The zero-order valence-corrected chi connectivity index (χ0v) is 18.8. The van der Waals surface area contributed by atoms with Crippen LogP contribution in [0.15, 0.2) is 47.4 Å². The van der Waals surface area contributed by atoms with Crippen LogP contribution < -0.4 is 9.47 Å². The molecule has 2 aliphatic heterocycles. The predicted octanol–water partition coefficient (Wildman–Crippen LogP) is 3.98. The Balaban J connectivity index is 1.26. The molecule has 2 N–H and O–H groups in total. The van der Waals surface area contributed by atoms with Crippen molar-refractivity contribution in [2.75, 3.05) is 33.3 Å². The Hall–Kier alpha value is -2.77. The largest absolute Gasteiger partial charge is 0.493 e. The number of unbranched alkanes of at least 4 members (excludes halogenated alkanes) is 1. The highest BCUT2D eigenvalue weighted by Crippen LogP contribution is 2.58. The van der Waals surface area contributed by atoms with E-state index in [2.05, 4.69) is 11.0 Å². The number of hydrogen-bond acceptors (Lipinski definition) is 7. The molecule has 1 amide bonds. The molecule has 2 aromatic rings. The molecule has 1 fully saturated rings. The Morgan fingerprint density at radius 3 is 2.69 bits per heavy atom. The molecule has 0 spiro atoms. The Morgan fingerprint density at radius 1 is 1.16 bits per heavy atom. The first-order valence-electron chi connectivity index (χ1n) is 10.6. The molecule has 0 aromatic heterocycles. The fraction of sp³-hybridized carbons (Fsp3) is 0.391. The summed E-state index contributed by atoms with van der Waals surface area (Å²) in [5.41, 5.74) is 0.832. The topological polar surface area (TPSA) is 106 Å². The van der Waals surface area contributed by atoms with Gasteiger partial charge >= 0.3 is 0 Å². The van der Waals surface area contributed by atoms with Crippen molar-refractivity contribution in [1.82, 2.24) is 9.21 Å². The van der Waals surface area contributed by atoms with Crippen LogP contribution in [-0.4, -0.2) is 63.6 Å². The molecule has 0 radical (unpaired) electrons. The van der Waals surface area contributed by atoms with Crippen LogP contribution in [-0.2, 0) is 0 Å². The molecule has 1 saturated heterocycles. The lowest BCUT2D eigenvalue weighted by Crippen LogP contribution is -2.30. The maximum absolute atomic E-state index is 12.6. The number of benzene rings is 2. The monoisotopic (exact) mass is 457 g/mol. The number of carbonyl (C=O) groups excluding carboxylic acids is 1. The van der Waals surface area contributed by atoms with Crippen molar-refractivity contribution in [1.29, 1.82) is 5.26 Å². The second kappa shape index (κ2) is 9.38. The van der Waals surface area contributed by atoms with E-state index in [9.17, 15) is 19.2 Å². The summed E-state index contributed by atoms with van der Waals surface area (Å²) in [6.45, 7) is 2.75. The number of hydrogen-bond donors (Lipinski definition) is 2. The number of amides is 1. The summed E-state index contributed by atoms with van der Waals surface area (Å²) >= 11 is 0. The molecule has 32 heavy (non-hydrogen) atoms. The number of likely N-dealkylation sites (tertiary alicyclic amines) is 1. The van der Waals surface area contributed by atoms with E-state index in [1.165, 1.54) is 4.31 Å². The Labute approximate surface area is 189 Å². The molecule has 0 saturated carbocycles. The average Bonchev–Trinajstić information content (AvgIpc) is 3.32. The molecular formula is C23H27N3O5S. The average molecular weight is 458 g/mol. The van der Waals surface area contributed by atoms with Crippen molar-refractivity contribution < 1.29 is 23.4 Å². The van der Waals surface area contributed by atoms with Gasteiger partial charge in [0.25, 0.3) is 5.91 Å². The first kappa shape index (κ1) is 22.4. The minimum absolute atomic E-state index is 0.0277. The number of methoxy groups -OCH3 is 1. The summed E-state index contributed by atoms with van der Waals surface area (Å²) in [6.07, 6.45) is 2.31. The molecule has 2 heterocycles. The highest BCUT2D eigenvalue weighted by Gasteiger charge is 2.40. The number of nitrogens with zero attached hydrogens (tertiary/aromatic N) is 3. The van der Waals surface area contributed by atoms with Gasteiger partial charge in [-0.3, -0.25) is 18.8 Å². The van der Waals surface area contributed by atoms with E-state index in [1.807, 2.05) is 0 Å². The summed E-state index contributed by atoms with van der Waals surface area (Å²) < 4.78 is 33.7. The highest BCUT2D eigenvalue weighted by molar-refractivity contribution is 8.23. The summed E-state index contributed by atoms with van der Waals surface area (Å²) in [7, 11) is -1.68. The minimum Gasteiger partial charge on any atom is -0.493 e. The van der Waals surface area contributed by atoms with Crippen molar-refractivity contribution in [3.8, 4) is 17.6 Å². The van der Waals surface area contributed by atoms with Crippen LogP contribution in [0.5, 0.6) is 11.5 Å². The van der Waals surface area contributed by atoms with Gasteiger partial charge in [-0.2, -0.15) is 5.26 Å². The van der Waals surface area contributed by atoms with Crippen LogP contribution in [0.3, 0.4) is 0 Å². The molecule has 0 aliphatic carbocycles. The van der Waals surface area contributed by atoms with Crippen LogP contribution in [0, 0.1) is 11.3 Å². The first-order valence-corrected chi connectivity index (χ1v) is 12.1. The van der Waals surface area contributed by atoms with E-state index in [-0.39, 0.29) is 12.0 Å². The van der Waals surface area contributed by atoms with Crippen LogP contribution >= 0.6 is 10.8 Å². The van der Waals surface area contributed by atoms with Crippen molar-refractivity contribution in [3.05, 3.63) is 53.6 Å². The van der Waals surface area contributed by atoms with Gasteiger partial charge in [-0.05, 0) is 50.1 Å². The standard InChI is InChI=1S/C23H27N3O5S/c1-30-20-9-6-7-17(15-24)22(20)31-18-11-14-25(16-18)12-4-5-13-26-23(27)19-8-2-3-10-21(19)32(26,28)29/h2-3,6-10,18,28-29H,4-5,11-14,16H2,1H3. The predicted molar refractivity (Wildman–Crippen MR) is 121 cm³/mol. The molecular weight excluding hydrogens is 430 g/mol. The number of ether oxygens (including phenoxy) is 2. The summed E-state index contributed by atoms with van der Waals surface area (Å²) in [5.74, 6) is 0.722. The Kier molecular flexibility index (Phi) is 6.58. The van der Waals surface area contributed by atoms with E-state index >= 15 is 0 Å². The molecule has 9 heteroatoms. The van der Waals surface area contributed by atoms with E-state index in [4.69, 9.17) is 9.47 Å². The lowest BCUT2D eigenvalue weighted by molar-refractivity contribution is 0.0860. The van der Waals surface area contributed by atoms with Crippen LogP contribution in [0.2, 0.25) is 0 Å². The summed E-state index contributed by atoms with van der Waals surface area (Å²) in [6, 6.07) is 14.1. The van der Waals surface area contributed by atoms with Crippen molar-refractivity contribution in [2.24, 2.45) is 0 Å². The van der Waals surface area contributed by atoms with Crippen molar-refractivity contribution in [2.45, 2.75) is 30.3 Å². The SMILES string of the molecule is COc1cccc(C#N)c1OC1CCN(CCCCN2C(=O)c3ccccc3S2(O)O)C1. The molecule has 170 valence electrons. The smallest absolute Gasteiger partial charge is 0.274 e. The third-order valence-corrected chi connectivity index (χ3v) is 7.77. The van der Waals surface area contributed by atoms with Crippen molar-refractivity contribution >= 4 is 16.7 Å². The Morgan fingerprint density at radius 2 is 1.94 bits per heavy atom. The summed E-state index contributed by atoms with van der Waals surface area (Å²) in [4.78, 5) is 15.2. The number of fused-ring (bicyclic) bond motifs is 1. The van der Waals surface area contributed by atoms with Gasteiger partial charge in [-0.25, -0.2) is 4.31 Å². The van der Waals surface area contributed by atoms with E-state index < -0.39 is 10.8 Å². The zero-order valence-electron chi connectivity index (χ0n) is 17.9. The van der Waals surface area contributed by atoms with Crippen molar-refractivity contribution in [3.63, 3.8) is 0 Å². The van der Waals surface area contributed by atoms with E-state index in [1.54, 1.807) is 49.6 Å². The zero-order chi connectivity index (χ0) is 22.7. The van der Waals surface area contributed by atoms with Gasteiger partial charge < -0.3 is 9.47 Å². The number of rotatable bonds is 8. The maximum Gasteiger partial charge on any atom is 0.274 e. The second-order valence-corrected chi connectivity index (χ2v) is 9.83. The van der Waals surface area contributed by atoms with Crippen LogP contribution in [0.1, 0.15) is 35.2 Å². The first-order chi connectivity index (χ1) is 15.5. The number of carbonyl (C=O) groups is 1. The molecule has 2 aromatic carbocycles. The van der Waals surface area contributed by atoms with Gasteiger partial charge in [0, 0.05) is 19.6 Å². The van der Waals surface area contributed by atoms with Gasteiger partial charge in [0.1, 0.15) is 12.2 Å². The van der Waals surface area contributed by atoms with Gasteiger partial charge in [-0.15, -0.1) is 0 Å². The fourth-order valence-electron chi connectivity index (χ4n) is 4.22. The molecule has 1 unspecified atom stereocenters. The molecule has 0 bridgehead atoms. The summed E-state index contributed by atoms with van der Waals surface area (Å²) in [5, 5.41) is 9.35. The van der Waals surface area contributed by atoms with E-state index in [0.29, 0.717) is 40.5 Å². The van der Waals surface area contributed by atoms with Gasteiger partial charge in [-0.1, -0.05) is 29.0 Å². The fourth-order valence-corrected chi connectivity index (χ4v) is 5.88. The minimum atomic E-state index is -3.24. The highest BCUT2D eigenvalue weighted by atomic mass is 32.3. The quantitative estimate of drug-likeness (QED) is 0.578. The third-order valence-electron chi connectivity index (χ3n) is 5.86. The number of para-hydroxylation sites is 1. The number of nitriles is 1. The normalized spacial score (nSPS) is 20.6.